The molecule has 1 aliphatic heterocycles. The Morgan fingerprint density at radius 1 is 1.25 bits per heavy atom. The molecule has 1 aliphatic carbocycles. The monoisotopic (exact) mass is 247 g/mol. The van der Waals surface area contributed by atoms with Crippen LogP contribution in [-0.2, 0) is 9.84 Å². The van der Waals surface area contributed by atoms with Crippen LogP contribution in [0.1, 0.15) is 32.6 Å². The van der Waals surface area contributed by atoms with Gasteiger partial charge in [-0.05, 0) is 25.7 Å². The van der Waals surface area contributed by atoms with Crippen molar-refractivity contribution in [1.29, 1.82) is 0 Å². The number of nitrogens with one attached hydrogen (secondary N) is 1. The van der Waals surface area contributed by atoms with E-state index in [2.05, 4.69) is 12.2 Å². The van der Waals surface area contributed by atoms with Crippen LogP contribution in [0.3, 0.4) is 0 Å². The summed E-state index contributed by atoms with van der Waals surface area (Å²) in [6, 6.07) is 0.0519. The molecule has 2 unspecified atom stereocenters. The maximum atomic E-state index is 11.4. The second-order valence-electron chi connectivity index (χ2n) is 5.25. The molecule has 2 N–H and O–H groups in total. The van der Waals surface area contributed by atoms with Crippen LogP contribution in [0, 0.1) is 5.92 Å². The summed E-state index contributed by atoms with van der Waals surface area (Å²) in [5.74, 6) is 0.656. The van der Waals surface area contributed by atoms with Gasteiger partial charge < -0.3 is 10.4 Å². The molecular weight excluding hydrogens is 226 g/mol. The average Bonchev–Trinajstić information content (AvgIpc) is 2.74. The highest BCUT2D eigenvalue weighted by molar-refractivity contribution is 7.91. The molecule has 0 aromatic carbocycles. The van der Waals surface area contributed by atoms with Crippen LogP contribution in [0.5, 0.6) is 0 Å². The molecule has 2 rings (SSSR count). The summed E-state index contributed by atoms with van der Waals surface area (Å²) in [4.78, 5) is 0. The normalized spacial score (nSPS) is 36.6. The molecule has 5 heteroatoms. The van der Waals surface area contributed by atoms with E-state index in [9.17, 15) is 13.5 Å². The Morgan fingerprint density at radius 2 is 1.88 bits per heavy atom. The van der Waals surface area contributed by atoms with Gasteiger partial charge in [0.25, 0.3) is 0 Å². The van der Waals surface area contributed by atoms with Gasteiger partial charge in [-0.3, -0.25) is 0 Å². The first-order valence-electron chi connectivity index (χ1n) is 6.12. The van der Waals surface area contributed by atoms with Crippen molar-refractivity contribution in [2.24, 2.45) is 5.92 Å². The van der Waals surface area contributed by atoms with Crippen molar-refractivity contribution in [3.63, 3.8) is 0 Å². The van der Waals surface area contributed by atoms with Crippen LogP contribution >= 0.6 is 0 Å². The second-order valence-corrected chi connectivity index (χ2v) is 7.40. The van der Waals surface area contributed by atoms with Crippen molar-refractivity contribution in [3.05, 3.63) is 0 Å². The van der Waals surface area contributed by atoms with Crippen LogP contribution in [0.4, 0.5) is 0 Å². The van der Waals surface area contributed by atoms with E-state index in [1.54, 1.807) is 0 Å². The van der Waals surface area contributed by atoms with Gasteiger partial charge in [-0.2, -0.15) is 0 Å². The smallest absolute Gasteiger partial charge is 0.154 e. The van der Waals surface area contributed by atoms with E-state index in [4.69, 9.17) is 0 Å². The lowest BCUT2D eigenvalue weighted by molar-refractivity contribution is 0.153. The molecule has 0 radical (unpaired) electrons. The van der Waals surface area contributed by atoms with Crippen molar-refractivity contribution in [2.45, 2.75) is 50.8 Å². The maximum absolute atomic E-state index is 11.4. The maximum Gasteiger partial charge on any atom is 0.154 e. The molecule has 94 valence electrons. The molecule has 0 aromatic heterocycles. The van der Waals surface area contributed by atoms with Gasteiger partial charge in [0.2, 0.25) is 0 Å². The Hall–Kier alpha value is -0.130. The molecular formula is C11H21NO3S. The van der Waals surface area contributed by atoms with Crippen molar-refractivity contribution in [1.82, 2.24) is 5.32 Å². The minimum Gasteiger partial charge on any atom is -0.390 e. The van der Waals surface area contributed by atoms with Crippen molar-refractivity contribution in [3.8, 4) is 0 Å². The molecule has 1 heterocycles. The van der Waals surface area contributed by atoms with E-state index in [-0.39, 0.29) is 17.5 Å². The summed E-state index contributed by atoms with van der Waals surface area (Å²) in [5.41, 5.74) is 0. The number of rotatable bonds is 3. The van der Waals surface area contributed by atoms with Crippen LogP contribution in [-0.4, -0.2) is 43.2 Å². The van der Waals surface area contributed by atoms with Crippen LogP contribution in [0.25, 0.3) is 0 Å². The molecule has 4 nitrogen and oxygen atoms in total. The van der Waals surface area contributed by atoms with Gasteiger partial charge in [0.05, 0.1) is 17.6 Å². The second kappa shape index (κ2) is 4.63. The van der Waals surface area contributed by atoms with E-state index in [1.165, 1.54) is 25.7 Å². The average molecular weight is 247 g/mol. The largest absolute Gasteiger partial charge is 0.390 e. The predicted octanol–water partition coefficient (Wildman–Crippen LogP) is 0.313. The third kappa shape index (κ3) is 2.76. The zero-order valence-corrected chi connectivity index (χ0v) is 10.5. The van der Waals surface area contributed by atoms with Gasteiger partial charge in [-0.1, -0.05) is 12.8 Å². The first-order chi connectivity index (χ1) is 7.48. The summed E-state index contributed by atoms with van der Waals surface area (Å²) < 4.78 is 22.7. The highest BCUT2D eigenvalue weighted by Gasteiger charge is 2.37. The zero-order valence-electron chi connectivity index (χ0n) is 9.72. The Labute approximate surface area is 97.3 Å². The fraction of sp³-hybridized carbons (Fsp3) is 1.00. The molecule has 2 fully saturated rings. The minimum absolute atomic E-state index is 0.0813. The van der Waals surface area contributed by atoms with Gasteiger partial charge in [-0.25, -0.2) is 8.42 Å². The standard InChI is InChI=1S/C11H21NO3S/c1-8(9-4-2-3-5-9)12-10-6-16(14,15)7-11(10)13/h8-13H,2-7H2,1H3/t8-,10?,11?/m1/s1. The van der Waals surface area contributed by atoms with Crippen LogP contribution in [0.2, 0.25) is 0 Å². The zero-order chi connectivity index (χ0) is 11.8. The van der Waals surface area contributed by atoms with E-state index >= 15 is 0 Å². The van der Waals surface area contributed by atoms with Crippen LogP contribution in [0.15, 0.2) is 0 Å². The lowest BCUT2D eigenvalue weighted by Crippen LogP contribution is -2.46. The number of aliphatic hydroxyl groups is 1. The van der Waals surface area contributed by atoms with E-state index in [1.807, 2.05) is 0 Å². The highest BCUT2D eigenvalue weighted by atomic mass is 32.2. The first kappa shape index (κ1) is 12.3. The number of hydrogen-bond donors (Lipinski definition) is 2. The SMILES string of the molecule is C[C@@H](NC1CS(=O)(=O)CC1O)C1CCCC1. The highest BCUT2D eigenvalue weighted by Crippen LogP contribution is 2.28. The Morgan fingerprint density at radius 3 is 2.38 bits per heavy atom. The molecule has 0 aromatic rings. The van der Waals surface area contributed by atoms with Crippen molar-refractivity contribution in [2.75, 3.05) is 11.5 Å². The molecule has 1 saturated carbocycles. The fourth-order valence-electron chi connectivity index (χ4n) is 2.92. The van der Waals surface area contributed by atoms with Gasteiger partial charge in [0, 0.05) is 12.1 Å². The third-order valence-corrected chi connectivity index (χ3v) is 5.62. The summed E-state index contributed by atoms with van der Waals surface area (Å²) >= 11 is 0. The fourth-order valence-corrected chi connectivity index (χ4v) is 4.67. The Bertz CT molecular complexity index is 335. The Balaban J connectivity index is 1.89. The lowest BCUT2D eigenvalue weighted by Gasteiger charge is -2.25. The quantitative estimate of drug-likeness (QED) is 0.753. The number of sulfone groups is 1. The summed E-state index contributed by atoms with van der Waals surface area (Å²) in [6.45, 7) is 2.10. The van der Waals surface area contributed by atoms with E-state index in [0.29, 0.717) is 12.0 Å². The summed E-state index contributed by atoms with van der Waals surface area (Å²) in [5, 5.41) is 13.0. The van der Waals surface area contributed by atoms with Crippen molar-refractivity contribution < 1.29 is 13.5 Å². The molecule has 0 spiro atoms. The topological polar surface area (TPSA) is 66.4 Å². The molecule has 1 saturated heterocycles. The predicted molar refractivity (Wildman–Crippen MR) is 63.0 cm³/mol. The van der Waals surface area contributed by atoms with E-state index < -0.39 is 15.9 Å². The van der Waals surface area contributed by atoms with Gasteiger partial charge >= 0.3 is 0 Å². The Kier molecular flexibility index (Phi) is 3.56. The van der Waals surface area contributed by atoms with Crippen LogP contribution < -0.4 is 5.32 Å². The van der Waals surface area contributed by atoms with Gasteiger partial charge in [-0.15, -0.1) is 0 Å². The third-order valence-electron chi connectivity index (χ3n) is 3.91. The lowest BCUT2D eigenvalue weighted by atomic mass is 9.98. The van der Waals surface area contributed by atoms with Crippen molar-refractivity contribution >= 4 is 9.84 Å². The van der Waals surface area contributed by atoms with Gasteiger partial charge in [0.1, 0.15) is 0 Å². The molecule has 0 amide bonds. The minimum atomic E-state index is -3.03. The summed E-state index contributed by atoms with van der Waals surface area (Å²) in [7, 11) is -3.03. The molecule has 3 atom stereocenters. The number of hydrogen-bond acceptors (Lipinski definition) is 4. The number of aliphatic hydroxyl groups excluding tert-OH is 1. The van der Waals surface area contributed by atoms with E-state index in [0.717, 1.165) is 0 Å². The summed E-state index contributed by atoms with van der Waals surface area (Å²) in [6.07, 6.45) is 4.28. The molecule has 2 aliphatic rings. The first-order valence-corrected chi connectivity index (χ1v) is 7.94. The molecule has 0 bridgehead atoms. The van der Waals surface area contributed by atoms with Gasteiger partial charge in [0.15, 0.2) is 9.84 Å². The molecule has 16 heavy (non-hydrogen) atoms.